The van der Waals surface area contributed by atoms with E-state index in [9.17, 15) is 9.59 Å². The molecule has 3 heterocycles. The van der Waals surface area contributed by atoms with Crippen LogP contribution < -0.4 is 5.69 Å². The van der Waals surface area contributed by atoms with Crippen molar-refractivity contribution in [2.75, 3.05) is 6.54 Å². The maximum Gasteiger partial charge on any atom is 0.326 e. The fourth-order valence-electron chi connectivity index (χ4n) is 4.63. The van der Waals surface area contributed by atoms with E-state index < -0.39 is 0 Å². The van der Waals surface area contributed by atoms with Crippen LogP contribution in [0.2, 0.25) is 0 Å². The van der Waals surface area contributed by atoms with Crippen LogP contribution >= 0.6 is 0 Å². The number of para-hydroxylation sites is 2. The second-order valence-corrected chi connectivity index (χ2v) is 7.64. The van der Waals surface area contributed by atoms with E-state index >= 15 is 0 Å². The number of hydrogen-bond acceptors (Lipinski definition) is 3. The molecule has 3 aromatic rings. The first-order valence-corrected chi connectivity index (χ1v) is 9.88. The molecule has 0 aliphatic carbocycles. The van der Waals surface area contributed by atoms with E-state index in [4.69, 9.17) is 4.74 Å². The monoisotopic (exact) mass is 377 g/mol. The van der Waals surface area contributed by atoms with E-state index in [0.29, 0.717) is 0 Å². The maximum atomic E-state index is 13.1. The van der Waals surface area contributed by atoms with Crippen LogP contribution in [0.5, 0.6) is 0 Å². The van der Waals surface area contributed by atoms with Crippen LogP contribution in [0, 0.1) is 0 Å². The minimum atomic E-state index is -0.243. The summed E-state index contributed by atoms with van der Waals surface area (Å²) in [6, 6.07) is 17.8. The molecule has 1 aromatic heterocycles. The van der Waals surface area contributed by atoms with E-state index in [2.05, 4.69) is 17.1 Å². The summed E-state index contributed by atoms with van der Waals surface area (Å²) < 4.78 is 7.83. The summed E-state index contributed by atoms with van der Waals surface area (Å²) in [5.41, 5.74) is 2.44. The number of fused-ring (bicyclic) bond motifs is 2. The summed E-state index contributed by atoms with van der Waals surface area (Å²) in [7, 11) is 0. The van der Waals surface area contributed by atoms with Crippen molar-refractivity contribution in [2.45, 2.75) is 44.1 Å². The highest BCUT2D eigenvalue weighted by Gasteiger charge is 2.43. The van der Waals surface area contributed by atoms with Gasteiger partial charge in [-0.25, -0.2) is 4.79 Å². The van der Waals surface area contributed by atoms with Crippen LogP contribution in [0.25, 0.3) is 11.0 Å². The van der Waals surface area contributed by atoms with Gasteiger partial charge in [0, 0.05) is 13.0 Å². The highest BCUT2D eigenvalue weighted by atomic mass is 16.5. The molecule has 0 unspecified atom stereocenters. The lowest BCUT2D eigenvalue weighted by molar-refractivity contribution is -0.137. The highest BCUT2D eigenvalue weighted by Crippen LogP contribution is 2.39. The molecule has 2 aromatic carbocycles. The zero-order valence-corrected chi connectivity index (χ0v) is 15.6. The summed E-state index contributed by atoms with van der Waals surface area (Å²) in [6.45, 7) is 0.782. The zero-order valence-electron chi connectivity index (χ0n) is 15.6. The summed E-state index contributed by atoms with van der Waals surface area (Å²) in [4.78, 5) is 30.2. The number of amides is 1. The number of benzene rings is 2. The number of rotatable bonds is 3. The molecule has 3 atom stereocenters. The molecule has 0 saturated carbocycles. The predicted octanol–water partition coefficient (Wildman–Crippen LogP) is 2.85. The average molecular weight is 377 g/mol. The average Bonchev–Trinajstić information content (AvgIpc) is 3.30. The molecular formula is C22H23N3O3. The summed E-state index contributed by atoms with van der Waals surface area (Å²) in [5, 5.41) is 0. The van der Waals surface area contributed by atoms with Gasteiger partial charge in [-0.3, -0.25) is 9.36 Å². The Balaban J connectivity index is 1.37. The maximum absolute atomic E-state index is 13.1. The molecule has 144 valence electrons. The van der Waals surface area contributed by atoms with Gasteiger partial charge < -0.3 is 14.6 Å². The Hall–Kier alpha value is -2.86. The molecule has 0 radical (unpaired) electrons. The third-order valence-electron chi connectivity index (χ3n) is 5.98. The predicted molar refractivity (Wildman–Crippen MR) is 106 cm³/mol. The lowest BCUT2D eigenvalue weighted by Crippen LogP contribution is -2.50. The van der Waals surface area contributed by atoms with E-state index in [1.54, 1.807) is 0 Å². The standard InChI is InChI=1S/C22H23N3O3/c26-21(14-25-17-10-5-4-9-16(17)23-22(25)27)24-12-6-11-19-18(24)13-20(28-19)15-7-2-1-3-8-15/h1-5,7-10,18-20H,6,11-14H2,(H,23,27)/t18-,19-,20-/m0/s1. The van der Waals surface area contributed by atoms with Crippen molar-refractivity contribution < 1.29 is 9.53 Å². The normalized spacial score (nSPS) is 24.4. The third-order valence-corrected chi connectivity index (χ3v) is 5.98. The van der Waals surface area contributed by atoms with E-state index in [0.717, 1.165) is 42.4 Å². The van der Waals surface area contributed by atoms with Crippen molar-refractivity contribution in [3.63, 3.8) is 0 Å². The number of nitrogens with one attached hydrogen (secondary N) is 1. The molecule has 2 fully saturated rings. The molecule has 2 saturated heterocycles. The Morgan fingerprint density at radius 3 is 2.75 bits per heavy atom. The van der Waals surface area contributed by atoms with Gasteiger partial charge in [-0.2, -0.15) is 0 Å². The van der Waals surface area contributed by atoms with Gasteiger partial charge in [-0.05, 0) is 30.5 Å². The fourth-order valence-corrected chi connectivity index (χ4v) is 4.63. The van der Waals surface area contributed by atoms with Gasteiger partial charge in [0.1, 0.15) is 6.54 Å². The van der Waals surface area contributed by atoms with Crippen molar-refractivity contribution >= 4 is 16.9 Å². The van der Waals surface area contributed by atoms with Crippen LogP contribution in [-0.2, 0) is 16.1 Å². The van der Waals surface area contributed by atoms with Crippen molar-refractivity contribution in [1.82, 2.24) is 14.5 Å². The number of H-pyrrole nitrogens is 1. The van der Waals surface area contributed by atoms with Crippen LogP contribution in [0.15, 0.2) is 59.4 Å². The van der Waals surface area contributed by atoms with Crippen molar-refractivity contribution in [3.8, 4) is 0 Å². The summed E-state index contributed by atoms with van der Waals surface area (Å²) in [5.74, 6) is -0.0149. The van der Waals surface area contributed by atoms with Crippen LogP contribution in [0.1, 0.15) is 30.9 Å². The van der Waals surface area contributed by atoms with Crippen molar-refractivity contribution in [1.29, 1.82) is 0 Å². The van der Waals surface area contributed by atoms with Gasteiger partial charge in [0.15, 0.2) is 0 Å². The fraction of sp³-hybridized carbons (Fsp3) is 0.364. The Morgan fingerprint density at radius 1 is 1.11 bits per heavy atom. The summed E-state index contributed by atoms with van der Waals surface area (Å²) in [6.07, 6.45) is 2.81. The third kappa shape index (κ3) is 2.94. The molecule has 1 amide bonds. The van der Waals surface area contributed by atoms with Crippen LogP contribution in [0.3, 0.4) is 0 Å². The lowest BCUT2D eigenvalue weighted by Gasteiger charge is -2.36. The minimum Gasteiger partial charge on any atom is -0.368 e. The smallest absolute Gasteiger partial charge is 0.326 e. The number of imidazole rings is 1. The lowest BCUT2D eigenvalue weighted by atomic mass is 9.95. The second kappa shape index (κ2) is 6.95. The number of piperidine rings is 1. The molecule has 2 aliphatic rings. The van der Waals surface area contributed by atoms with E-state index in [1.165, 1.54) is 4.57 Å². The first-order chi connectivity index (χ1) is 13.7. The molecule has 6 nitrogen and oxygen atoms in total. The second-order valence-electron chi connectivity index (χ2n) is 7.64. The number of aromatic nitrogens is 2. The van der Waals surface area contributed by atoms with Gasteiger partial charge >= 0.3 is 5.69 Å². The molecule has 2 aliphatic heterocycles. The number of ether oxygens (including phenoxy) is 1. The number of nitrogens with zero attached hydrogens (tertiary/aromatic N) is 2. The van der Waals surface area contributed by atoms with Gasteiger partial charge in [-0.15, -0.1) is 0 Å². The number of hydrogen-bond donors (Lipinski definition) is 1. The van der Waals surface area contributed by atoms with Crippen LogP contribution in [0.4, 0.5) is 0 Å². The van der Waals surface area contributed by atoms with Gasteiger partial charge in [0.2, 0.25) is 5.91 Å². The van der Waals surface area contributed by atoms with E-state index in [1.807, 2.05) is 47.4 Å². The molecule has 0 spiro atoms. The molecule has 6 heteroatoms. The zero-order chi connectivity index (χ0) is 19.1. The number of carbonyl (C=O) groups excluding carboxylic acids is 1. The Labute approximate surface area is 162 Å². The van der Waals surface area contributed by atoms with Crippen molar-refractivity contribution in [3.05, 3.63) is 70.6 Å². The molecule has 28 heavy (non-hydrogen) atoms. The molecule has 0 bridgehead atoms. The molecule has 1 N–H and O–H groups in total. The molecular weight excluding hydrogens is 354 g/mol. The Kier molecular flexibility index (Phi) is 4.28. The Morgan fingerprint density at radius 2 is 1.89 bits per heavy atom. The highest BCUT2D eigenvalue weighted by molar-refractivity contribution is 5.81. The van der Waals surface area contributed by atoms with Crippen LogP contribution in [-0.4, -0.2) is 39.0 Å². The van der Waals surface area contributed by atoms with Gasteiger partial charge in [0.05, 0.1) is 29.3 Å². The topological polar surface area (TPSA) is 67.3 Å². The number of aromatic amines is 1. The minimum absolute atomic E-state index is 0.0149. The number of likely N-dealkylation sites (tertiary alicyclic amines) is 1. The van der Waals surface area contributed by atoms with Crippen molar-refractivity contribution in [2.24, 2.45) is 0 Å². The first-order valence-electron chi connectivity index (χ1n) is 9.88. The first kappa shape index (κ1) is 17.3. The quantitative estimate of drug-likeness (QED) is 0.763. The Bertz CT molecular complexity index is 1060. The van der Waals surface area contributed by atoms with Gasteiger partial charge in [0.25, 0.3) is 0 Å². The largest absolute Gasteiger partial charge is 0.368 e. The SMILES string of the molecule is O=C(Cn1c(=O)[nH]c2ccccc21)N1CCC[C@@H]2O[C@H](c3ccccc3)C[C@@H]21. The number of carbonyl (C=O) groups is 1. The van der Waals surface area contributed by atoms with E-state index in [-0.39, 0.29) is 36.4 Å². The summed E-state index contributed by atoms with van der Waals surface area (Å²) >= 11 is 0. The molecule has 5 rings (SSSR count). The van der Waals surface area contributed by atoms with Gasteiger partial charge in [-0.1, -0.05) is 42.5 Å².